The first-order valence-corrected chi connectivity index (χ1v) is 20.0. The second-order valence-corrected chi connectivity index (χ2v) is 15.8. The third kappa shape index (κ3) is 13.2. The summed E-state index contributed by atoms with van der Waals surface area (Å²) in [5.74, 6) is -3.27. The Kier molecular flexibility index (Phi) is 18.0. The Hall–Kier alpha value is -3.88. The van der Waals surface area contributed by atoms with E-state index in [0.29, 0.717) is 17.8 Å². The zero-order valence-electron chi connectivity index (χ0n) is 33.2. The zero-order valence-corrected chi connectivity index (χ0v) is 34.0. The lowest BCUT2D eigenvalue weighted by atomic mass is 9.92. The number of ether oxygens (including phenoxy) is 2. The van der Waals surface area contributed by atoms with Gasteiger partial charge in [-0.25, -0.2) is 4.98 Å². The van der Waals surface area contributed by atoms with Crippen molar-refractivity contribution in [3.63, 3.8) is 0 Å². The van der Waals surface area contributed by atoms with Gasteiger partial charge in [-0.3, -0.25) is 28.9 Å². The number of likely N-dealkylation sites (tertiary alicyclic amines) is 1. The van der Waals surface area contributed by atoms with Gasteiger partial charge in [-0.15, -0.1) is 11.3 Å². The highest BCUT2D eigenvalue weighted by Crippen LogP contribution is 2.32. The van der Waals surface area contributed by atoms with Crippen molar-refractivity contribution in [3.05, 3.63) is 52.0 Å². The van der Waals surface area contributed by atoms with Crippen molar-refractivity contribution >= 4 is 41.0 Å². The molecule has 2 heterocycles. The van der Waals surface area contributed by atoms with Gasteiger partial charge in [-0.05, 0) is 56.7 Å². The number of piperidine rings is 1. The van der Waals surface area contributed by atoms with Gasteiger partial charge in [0.2, 0.25) is 11.8 Å². The van der Waals surface area contributed by atoms with Crippen molar-refractivity contribution < 1.29 is 38.6 Å². The molecule has 300 valence electrons. The normalized spacial score (nSPS) is 18.1. The maximum absolute atomic E-state index is 14.6. The van der Waals surface area contributed by atoms with Crippen molar-refractivity contribution in [1.82, 2.24) is 25.4 Å². The number of likely N-dealkylation sites (N-methyl/N-ethyl adjacent to an activating group) is 1. The molecule has 1 aliphatic heterocycles. The summed E-state index contributed by atoms with van der Waals surface area (Å²) in [6, 6.07) is 7.53. The van der Waals surface area contributed by atoms with Crippen molar-refractivity contribution in [2.75, 3.05) is 33.9 Å². The summed E-state index contributed by atoms with van der Waals surface area (Å²) < 4.78 is 11.3. The molecule has 0 spiro atoms. The number of benzene rings is 1. The predicted molar refractivity (Wildman–Crippen MR) is 208 cm³/mol. The molecule has 0 aliphatic carbocycles. The molecule has 13 nitrogen and oxygen atoms in total. The molecule has 3 amide bonds. The Morgan fingerprint density at radius 2 is 1.76 bits per heavy atom. The molecule has 1 saturated heterocycles. The Balaban J connectivity index is 1.89. The van der Waals surface area contributed by atoms with Gasteiger partial charge in [-0.2, -0.15) is 0 Å². The lowest BCUT2D eigenvalue weighted by Crippen LogP contribution is -2.59. The van der Waals surface area contributed by atoms with Crippen LogP contribution >= 0.6 is 11.3 Å². The molecular weight excluding hydrogens is 711 g/mol. The molecule has 3 rings (SSSR count). The Morgan fingerprint density at radius 1 is 1.06 bits per heavy atom. The number of aromatic nitrogens is 1. The Labute approximate surface area is 324 Å². The van der Waals surface area contributed by atoms with E-state index in [1.165, 1.54) is 18.3 Å². The minimum Gasteiger partial charge on any atom is -0.481 e. The molecule has 0 radical (unpaired) electrons. The Bertz CT molecular complexity index is 1520. The van der Waals surface area contributed by atoms with Crippen LogP contribution in [0.3, 0.4) is 0 Å². The maximum Gasteiger partial charge on any atom is 0.306 e. The topological polar surface area (TPSA) is 167 Å². The highest BCUT2D eigenvalue weighted by molar-refractivity contribution is 7.09. The third-order valence-corrected chi connectivity index (χ3v) is 11.3. The molecule has 0 bridgehead atoms. The van der Waals surface area contributed by atoms with Crippen LogP contribution in [0.1, 0.15) is 107 Å². The van der Waals surface area contributed by atoms with E-state index in [9.17, 15) is 29.1 Å². The summed E-state index contributed by atoms with van der Waals surface area (Å²) in [7, 11) is 3.51. The fourth-order valence-corrected chi connectivity index (χ4v) is 7.78. The molecule has 7 atom stereocenters. The second-order valence-electron chi connectivity index (χ2n) is 14.9. The number of esters is 1. The summed E-state index contributed by atoms with van der Waals surface area (Å²) in [6.07, 6.45) is 3.37. The van der Waals surface area contributed by atoms with Crippen molar-refractivity contribution in [2.24, 2.45) is 17.8 Å². The maximum atomic E-state index is 14.6. The number of nitrogens with one attached hydrogen (secondary N) is 2. The summed E-state index contributed by atoms with van der Waals surface area (Å²) in [4.78, 5) is 74.3. The number of carbonyl (C=O) groups excluding carboxylic acids is 4. The quantitative estimate of drug-likeness (QED) is 0.145. The second kappa shape index (κ2) is 21.9. The largest absolute Gasteiger partial charge is 0.481 e. The van der Waals surface area contributed by atoms with E-state index in [4.69, 9.17) is 9.47 Å². The van der Waals surface area contributed by atoms with E-state index in [1.807, 2.05) is 70.0 Å². The molecule has 14 heteroatoms. The van der Waals surface area contributed by atoms with Gasteiger partial charge in [0.15, 0.2) is 6.10 Å². The standard InChI is InChI=1S/C40H61N5O8S/c1-9-26(4)35(43-37(48)32-17-13-14-18-44(32)7)39(49)45(19-20-52-8)33(25(2)3)23-34(53-28(6)46)38-42-31(24-54-38)36(47)41-30(21-27(5)40(50)51)22-29-15-11-10-12-16-29/h10-12,15-16,24-27,30,32-35H,9,13-14,17-23H2,1-8H3,(H,41,47)(H,43,48)(H,50,51)/t26-,27-,30+,32+,33+,34+,35-/m0/s1. The minimum absolute atomic E-state index is 0.0978. The Morgan fingerprint density at radius 3 is 2.35 bits per heavy atom. The number of aliphatic carboxylic acids is 1. The lowest BCUT2D eigenvalue weighted by Gasteiger charge is -2.40. The summed E-state index contributed by atoms with van der Waals surface area (Å²) in [6.45, 7) is 12.2. The molecule has 1 aromatic carbocycles. The van der Waals surface area contributed by atoms with Crippen LogP contribution in [-0.2, 0) is 35.1 Å². The summed E-state index contributed by atoms with van der Waals surface area (Å²) >= 11 is 1.18. The van der Waals surface area contributed by atoms with E-state index in [0.717, 1.165) is 31.4 Å². The van der Waals surface area contributed by atoms with E-state index in [1.54, 1.807) is 24.3 Å². The van der Waals surface area contributed by atoms with Gasteiger partial charge in [0.1, 0.15) is 16.7 Å². The number of rotatable bonds is 21. The predicted octanol–water partition coefficient (Wildman–Crippen LogP) is 5.10. The zero-order chi connectivity index (χ0) is 39.9. The van der Waals surface area contributed by atoms with E-state index in [-0.39, 0.29) is 61.4 Å². The first kappa shape index (κ1) is 44.5. The minimum atomic E-state index is -0.949. The van der Waals surface area contributed by atoms with Gasteiger partial charge in [0.25, 0.3) is 5.91 Å². The van der Waals surface area contributed by atoms with Crippen LogP contribution in [0.15, 0.2) is 35.7 Å². The fraction of sp³-hybridized carbons (Fsp3) is 0.650. The number of nitrogens with zero attached hydrogens (tertiary/aromatic N) is 3. The number of amides is 3. The van der Waals surface area contributed by atoms with Crippen LogP contribution in [0.5, 0.6) is 0 Å². The highest BCUT2D eigenvalue weighted by Gasteiger charge is 2.39. The van der Waals surface area contributed by atoms with Crippen LogP contribution in [0.25, 0.3) is 0 Å². The number of carbonyl (C=O) groups is 5. The molecular formula is C40H61N5O8S. The van der Waals surface area contributed by atoms with Crippen LogP contribution in [0, 0.1) is 17.8 Å². The monoisotopic (exact) mass is 771 g/mol. The summed E-state index contributed by atoms with van der Waals surface area (Å²) in [5.41, 5.74) is 1.08. The number of methoxy groups -OCH3 is 1. The molecule has 1 fully saturated rings. The number of hydrogen-bond donors (Lipinski definition) is 3. The number of thiazole rings is 1. The number of hydrogen-bond acceptors (Lipinski definition) is 10. The van der Waals surface area contributed by atoms with Crippen LogP contribution < -0.4 is 10.6 Å². The fourth-order valence-electron chi connectivity index (χ4n) is 6.94. The van der Waals surface area contributed by atoms with E-state index in [2.05, 4.69) is 15.6 Å². The van der Waals surface area contributed by atoms with Gasteiger partial charge < -0.3 is 30.1 Å². The first-order valence-electron chi connectivity index (χ1n) is 19.2. The van der Waals surface area contributed by atoms with Gasteiger partial charge >= 0.3 is 11.9 Å². The smallest absolute Gasteiger partial charge is 0.306 e. The summed E-state index contributed by atoms with van der Waals surface area (Å²) in [5, 5.41) is 17.7. The lowest BCUT2D eigenvalue weighted by molar-refractivity contribution is -0.150. The number of carboxylic acid groups (broad SMARTS) is 1. The molecule has 2 aromatic rings. The molecule has 3 N–H and O–H groups in total. The van der Waals surface area contributed by atoms with Crippen LogP contribution in [0.4, 0.5) is 0 Å². The number of carboxylic acids is 1. The van der Waals surface area contributed by atoms with E-state index >= 15 is 0 Å². The van der Waals surface area contributed by atoms with Crippen molar-refractivity contribution in [3.8, 4) is 0 Å². The molecule has 0 unspecified atom stereocenters. The average molecular weight is 772 g/mol. The van der Waals surface area contributed by atoms with E-state index < -0.39 is 48.0 Å². The van der Waals surface area contributed by atoms with Crippen LogP contribution in [-0.4, -0.2) is 108 Å². The molecule has 1 aliphatic rings. The molecule has 54 heavy (non-hydrogen) atoms. The molecule has 0 saturated carbocycles. The molecule has 1 aromatic heterocycles. The highest BCUT2D eigenvalue weighted by atomic mass is 32.1. The van der Waals surface area contributed by atoms with Crippen LogP contribution in [0.2, 0.25) is 0 Å². The van der Waals surface area contributed by atoms with Gasteiger partial charge in [0, 0.05) is 44.5 Å². The third-order valence-electron chi connectivity index (χ3n) is 10.4. The van der Waals surface area contributed by atoms with Gasteiger partial charge in [0.05, 0.1) is 18.6 Å². The van der Waals surface area contributed by atoms with Crippen molar-refractivity contribution in [1.29, 1.82) is 0 Å². The first-order chi connectivity index (χ1) is 25.7. The SMILES string of the molecule is CC[C@H](C)[C@H](NC(=O)[C@H]1CCCCN1C)C(=O)N(CCOC)[C@H](C[C@@H](OC(C)=O)c1nc(C(=O)N[C@@H](Cc2ccccc2)C[C@H](C)C(=O)O)cs1)C(C)C. The van der Waals surface area contributed by atoms with Crippen molar-refractivity contribution in [2.45, 2.75) is 117 Å². The average Bonchev–Trinajstić information content (AvgIpc) is 3.63. The van der Waals surface area contributed by atoms with Gasteiger partial charge in [-0.1, -0.05) is 77.8 Å².